The monoisotopic (exact) mass is 491 g/mol. The van der Waals surface area contributed by atoms with E-state index in [-0.39, 0.29) is 24.0 Å². The van der Waals surface area contributed by atoms with Crippen LogP contribution in [0.2, 0.25) is 0 Å². The molecule has 27 heavy (non-hydrogen) atoms. The van der Waals surface area contributed by atoms with Crippen LogP contribution < -0.4 is 15.4 Å². The van der Waals surface area contributed by atoms with Gasteiger partial charge in [0.1, 0.15) is 5.75 Å². The Labute approximate surface area is 180 Å². The summed E-state index contributed by atoms with van der Waals surface area (Å²) in [5, 5.41) is 6.67. The SMILES string of the molecule is CN=C(NCCCOCC1CCOCC1)NCCc1ccc(OC)cc1.I. The van der Waals surface area contributed by atoms with E-state index in [4.69, 9.17) is 14.2 Å². The zero-order valence-corrected chi connectivity index (χ0v) is 18.9. The van der Waals surface area contributed by atoms with Crippen molar-refractivity contribution in [2.24, 2.45) is 10.9 Å². The van der Waals surface area contributed by atoms with Crippen molar-refractivity contribution in [3.8, 4) is 5.75 Å². The minimum atomic E-state index is 0. The van der Waals surface area contributed by atoms with Crippen LogP contribution in [0.25, 0.3) is 0 Å². The summed E-state index contributed by atoms with van der Waals surface area (Å²) in [5.74, 6) is 2.39. The fourth-order valence-electron chi connectivity index (χ4n) is 2.88. The molecular formula is C20H34IN3O3. The highest BCUT2D eigenvalue weighted by atomic mass is 127. The van der Waals surface area contributed by atoms with E-state index >= 15 is 0 Å². The first-order valence-electron chi connectivity index (χ1n) is 9.54. The molecular weight excluding hydrogens is 457 g/mol. The number of nitrogens with zero attached hydrogens (tertiary/aromatic N) is 1. The lowest BCUT2D eigenvalue weighted by Gasteiger charge is -2.21. The summed E-state index contributed by atoms with van der Waals surface area (Å²) in [4.78, 5) is 4.26. The number of nitrogens with one attached hydrogen (secondary N) is 2. The number of rotatable bonds is 10. The highest BCUT2D eigenvalue weighted by molar-refractivity contribution is 14.0. The Kier molecular flexibility index (Phi) is 13.3. The predicted octanol–water partition coefficient (Wildman–Crippen LogP) is 2.85. The standard InChI is InChI=1S/C20H33N3O3.HI/c1-21-20(23-12-8-17-4-6-19(24-2)7-5-17)22-11-3-13-26-16-18-9-14-25-15-10-18;/h4-7,18H,3,8-16H2,1-2H3,(H2,21,22,23);1H. The summed E-state index contributed by atoms with van der Waals surface area (Å²) in [6, 6.07) is 8.16. The molecule has 2 rings (SSSR count). The Hall–Kier alpha value is -1.06. The minimum absolute atomic E-state index is 0. The van der Waals surface area contributed by atoms with Gasteiger partial charge in [-0.25, -0.2) is 0 Å². The number of guanidine groups is 1. The van der Waals surface area contributed by atoms with Crippen molar-refractivity contribution in [2.75, 3.05) is 53.7 Å². The first-order chi connectivity index (χ1) is 12.8. The van der Waals surface area contributed by atoms with E-state index in [0.29, 0.717) is 5.92 Å². The molecule has 1 heterocycles. The van der Waals surface area contributed by atoms with Crippen LogP contribution in [0, 0.1) is 5.92 Å². The maximum atomic E-state index is 5.78. The van der Waals surface area contributed by atoms with E-state index in [2.05, 4.69) is 27.8 Å². The molecule has 0 amide bonds. The molecule has 154 valence electrons. The molecule has 1 aliphatic heterocycles. The second-order valence-corrected chi connectivity index (χ2v) is 6.51. The van der Waals surface area contributed by atoms with Crippen LogP contribution in [0.1, 0.15) is 24.8 Å². The zero-order valence-electron chi connectivity index (χ0n) is 16.5. The van der Waals surface area contributed by atoms with E-state index in [0.717, 1.165) is 76.9 Å². The van der Waals surface area contributed by atoms with E-state index in [1.807, 2.05) is 12.1 Å². The molecule has 0 spiro atoms. The van der Waals surface area contributed by atoms with Gasteiger partial charge < -0.3 is 24.8 Å². The molecule has 0 atom stereocenters. The van der Waals surface area contributed by atoms with Gasteiger partial charge >= 0.3 is 0 Å². The zero-order chi connectivity index (χ0) is 18.5. The summed E-state index contributed by atoms with van der Waals surface area (Å²) >= 11 is 0. The molecule has 6 nitrogen and oxygen atoms in total. The van der Waals surface area contributed by atoms with Crippen molar-refractivity contribution in [2.45, 2.75) is 25.7 Å². The minimum Gasteiger partial charge on any atom is -0.497 e. The normalized spacial score (nSPS) is 15.1. The molecule has 0 unspecified atom stereocenters. The fraction of sp³-hybridized carbons (Fsp3) is 0.650. The van der Waals surface area contributed by atoms with Gasteiger partial charge in [-0.1, -0.05) is 12.1 Å². The average molecular weight is 491 g/mol. The first-order valence-corrected chi connectivity index (χ1v) is 9.54. The van der Waals surface area contributed by atoms with Crippen LogP contribution in [0.15, 0.2) is 29.3 Å². The van der Waals surface area contributed by atoms with Crippen LogP contribution in [-0.4, -0.2) is 59.6 Å². The van der Waals surface area contributed by atoms with Gasteiger partial charge in [-0.2, -0.15) is 0 Å². The molecule has 0 saturated carbocycles. The highest BCUT2D eigenvalue weighted by Gasteiger charge is 2.13. The summed E-state index contributed by atoms with van der Waals surface area (Å²) in [7, 11) is 3.48. The number of aliphatic imine (C=N–C) groups is 1. The third-order valence-corrected chi connectivity index (χ3v) is 4.54. The van der Waals surface area contributed by atoms with E-state index in [9.17, 15) is 0 Å². The molecule has 0 radical (unpaired) electrons. The second kappa shape index (κ2) is 14.9. The third-order valence-electron chi connectivity index (χ3n) is 4.54. The van der Waals surface area contributed by atoms with E-state index < -0.39 is 0 Å². The summed E-state index contributed by atoms with van der Waals surface area (Å²) < 4.78 is 16.3. The van der Waals surface area contributed by atoms with Gasteiger partial charge in [0, 0.05) is 46.6 Å². The van der Waals surface area contributed by atoms with Crippen molar-refractivity contribution in [1.29, 1.82) is 0 Å². The van der Waals surface area contributed by atoms with Crippen molar-refractivity contribution in [1.82, 2.24) is 10.6 Å². The first kappa shape index (κ1) is 24.0. The molecule has 1 aromatic rings. The average Bonchev–Trinajstić information content (AvgIpc) is 2.70. The van der Waals surface area contributed by atoms with Crippen molar-refractivity contribution >= 4 is 29.9 Å². The van der Waals surface area contributed by atoms with Gasteiger partial charge in [-0.15, -0.1) is 24.0 Å². The Balaban J connectivity index is 0.00000364. The van der Waals surface area contributed by atoms with Gasteiger partial charge in [0.25, 0.3) is 0 Å². The molecule has 7 heteroatoms. The fourth-order valence-corrected chi connectivity index (χ4v) is 2.88. The molecule has 0 aliphatic carbocycles. The summed E-state index contributed by atoms with van der Waals surface area (Å²) in [6.07, 6.45) is 4.17. The van der Waals surface area contributed by atoms with Gasteiger partial charge in [0.2, 0.25) is 0 Å². The summed E-state index contributed by atoms with van der Waals surface area (Å²) in [6.45, 7) is 5.11. The largest absolute Gasteiger partial charge is 0.497 e. The van der Waals surface area contributed by atoms with Gasteiger partial charge in [0.15, 0.2) is 5.96 Å². The topological polar surface area (TPSA) is 64.1 Å². The summed E-state index contributed by atoms with van der Waals surface area (Å²) in [5.41, 5.74) is 1.27. The van der Waals surface area contributed by atoms with Crippen molar-refractivity contribution in [3.05, 3.63) is 29.8 Å². The maximum Gasteiger partial charge on any atom is 0.190 e. The molecule has 0 aromatic heterocycles. The van der Waals surface area contributed by atoms with Crippen molar-refractivity contribution in [3.63, 3.8) is 0 Å². The Morgan fingerprint density at radius 2 is 1.85 bits per heavy atom. The van der Waals surface area contributed by atoms with Crippen LogP contribution in [0.5, 0.6) is 5.75 Å². The molecule has 1 aliphatic rings. The van der Waals surface area contributed by atoms with E-state index in [1.54, 1.807) is 14.2 Å². The third kappa shape index (κ3) is 10.2. The predicted molar refractivity (Wildman–Crippen MR) is 120 cm³/mol. The smallest absolute Gasteiger partial charge is 0.190 e. The number of hydrogen-bond acceptors (Lipinski definition) is 4. The van der Waals surface area contributed by atoms with E-state index in [1.165, 1.54) is 5.56 Å². The maximum absolute atomic E-state index is 5.78. The lowest BCUT2D eigenvalue weighted by atomic mass is 10.0. The van der Waals surface area contributed by atoms with Gasteiger partial charge in [0.05, 0.1) is 7.11 Å². The number of benzene rings is 1. The number of hydrogen-bond donors (Lipinski definition) is 2. The molecule has 2 N–H and O–H groups in total. The van der Waals surface area contributed by atoms with Gasteiger partial charge in [-0.3, -0.25) is 4.99 Å². The van der Waals surface area contributed by atoms with Crippen LogP contribution in [0.3, 0.4) is 0 Å². The molecule has 1 fully saturated rings. The second-order valence-electron chi connectivity index (χ2n) is 6.51. The lowest BCUT2D eigenvalue weighted by molar-refractivity contribution is 0.0203. The highest BCUT2D eigenvalue weighted by Crippen LogP contribution is 2.14. The number of methoxy groups -OCH3 is 1. The Bertz CT molecular complexity index is 520. The number of halogens is 1. The quantitative estimate of drug-likeness (QED) is 0.228. The van der Waals surface area contributed by atoms with Crippen molar-refractivity contribution < 1.29 is 14.2 Å². The molecule has 1 aromatic carbocycles. The van der Waals surface area contributed by atoms with Crippen LogP contribution in [0.4, 0.5) is 0 Å². The van der Waals surface area contributed by atoms with Crippen LogP contribution in [-0.2, 0) is 15.9 Å². The van der Waals surface area contributed by atoms with Crippen LogP contribution >= 0.6 is 24.0 Å². The Morgan fingerprint density at radius 3 is 2.52 bits per heavy atom. The Morgan fingerprint density at radius 1 is 1.15 bits per heavy atom. The lowest BCUT2D eigenvalue weighted by Crippen LogP contribution is -2.39. The number of ether oxygens (including phenoxy) is 3. The molecule has 1 saturated heterocycles. The van der Waals surface area contributed by atoms with Gasteiger partial charge in [-0.05, 0) is 49.3 Å². The molecule has 0 bridgehead atoms.